The minimum Gasteiger partial charge on any atom is -0.348 e. The number of nitrogens with one attached hydrogen (secondary N) is 2. The molecule has 0 radical (unpaired) electrons. The topological polar surface area (TPSA) is 89.3 Å². The number of aromatic nitrogens is 2. The Morgan fingerprint density at radius 3 is 2.72 bits per heavy atom. The number of amides is 1. The Morgan fingerprint density at radius 1 is 1.44 bits per heavy atom. The summed E-state index contributed by atoms with van der Waals surface area (Å²) in [4.78, 5) is 20.2. The van der Waals surface area contributed by atoms with Gasteiger partial charge in [0.25, 0.3) is 11.8 Å². The molecule has 0 fully saturated rings. The van der Waals surface area contributed by atoms with E-state index in [9.17, 15) is 18.0 Å². The molecule has 1 heterocycles. The number of halogens is 3. The van der Waals surface area contributed by atoms with Crippen LogP contribution in [0.5, 0.6) is 0 Å². The van der Waals surface area contributed by atoms with Gasteiger partial charge in [-0.2, -0.15) is 13.8 Å². The highest BCUT2D eigenvalue weighted by molar-refractivity contribution is 5.95. The van der Waals surface area contributed by atoms with Crippen molar-refractivity contribution in [3.63, 3.8) is 0 Å². The average Bonchev–Trinajstić information content (AvgIpc) is 3.02. The number of hydrogen-bond donors (Lipinski definition) is 2. The lowest BCUT2D eigenvalue weighted by Crippen LogP contribution is -2.40. The molecule has 10 heteroatoms. The Balaban J connectivity index is 2.15. The van der Waals surface area contributed by atoms with Gasteiger partial charge in [0.2, 0.25) is 5.82 Å². The molecule has 25 heavy (non-hydrogen) atoms. The van der Waals surface area contributed by atoms with Gasteiger partial charge in [-0.05, 0) is 19.1 Å². The van der Waals surface area contributed by atoms with Crippen LogP contribution in [0.4, 0.5) is 13.2 Å². The second-order valence-corrected chi connectivity index (χ2v) is 5.43. The van der Waals surface area contributed by atoms with E-state index < -0.39 is 23.5 Å². The van der Waals surface area contributed by atoms with Gasteiger partial charge in [0.15, 0.2) is 0 Å². The first-order valence-corrected chi connectivity index (χ1v) is 7.31. The van der Waals surface area contributed by atoms with Crippen molar-refractivity contribution in [3.8, 4) is 11.4 Å². The SMILES string of the molecule is CONCC(C)NC(=O)c1ccc(-c2noc(C(C)(F)F)n2)cc1F. The molecular formula is C15H17F3N4O3. The fraction of sp³-hybridized carbons (Fsp3) is 0.400. The number of carbonyl (C=O) groups excluding carboxylic acids is 1. The Kier molecular flexibility index (Phi) is 5.75. The fourth-order valence-electron chi connectivity index (χ4n) is 1.92. The van der Waals surface area contributed by atoms with E-state index in [1.807, 2.05) is 0 Å². The maximum Gasteiger partial charge on any atom is 0.322 e. The maximum absolute atomic E-state index is 14.2. The van der Waals surface area contributed by atoms with E-state index in [0.29, 0.717) is 13.5 Å². The zero-order valence-corrected chi connectivity index (χ0v) is 13.8. The van der Waals surface area contributed by atoms with Crippen molar-refractivity contribution in [2.45, 2.75) is 25.8 Å². The van der Waals surface area contributed by atoms with Crippen molar-refractivity contribution in [1.82, 2.24) is 20.9 Å². The van der Waals surface area contributed by atoms with E-state index in [2.05, 4.69) is 30.3 Å². The van der Waals surface area contributed by atoms with Gasteiger partial charge in [0, 0.05) is 25.1 Å². The molecule has 1 aromatic carbocycles. The van der Waals surface area contributed by atoms with Crippen molar-refractivity contribution >= 4 is 5.91 Å². The van der Waals surface area contributed by atoms with Gasteiger partial charge in [-0.25, -0.2) is 9.87 Å². The Bertz CT molecular complexity index is 746. The smallest absolute Gasteiger partial charge is 0.322 e. The summed E-state index contributed by atoms with van der Waals surface area (Å²) in [5, 5.41) is 5.98. The van der Waals surface area contributed by atoms with Gasteiger partial charge in [0.1, 0.15) is 5.82 Å². The minimum absolute atomic E-state index is 0.113. The van der Waals surface area contributed by atoms with Crippen molar-refractivity contribution in [2.75, 3.05) is 13.7 Å². The van der Waals surface area contributed by atoms with Crippen LogP contribution in [0.15, 0.2) is 22.7 Å². The molecule has 0 bridgehead atoms. The third-order valence-corrected chi connectivity index (χ3v) is 3.18. The Labute approximate surface area is 141 Å². The number of nitrogens with zero attached hydrogens (tertiary/aromatic N) is 2. The summed E-state index contributed by atoms with van der Waals surface area (Å²) in [7, 11) is 1.44. The highest BCUT2D eigenvalue weighted by atomic mass is 19.3. The molecular weight excluding hydrogens is 341 g/mol. The lowest BCUT2D eigenvalue weighted by Gasteiger charge is -2.14. The molecule has 0 saturated carbocycles. The number of hydroxylamine groups is 1. The van der Waals surface area contributed by atoms with Gasteiger partial charge in [-0.3, -0.25) is 4.79 Å². The molecule has 1 atom stereocenters. The van der Waals surface area contributed by atoms with Crippen LogP contribution in [0.1, 0.15) is 30.1 Å². The molecule has 0 spiro atoms. The molecule has 1 unspecified atom stereocenters. The maximum atomic E-state index is 14.2. The molecule has 1 amide bonds. The molecule has 0 aliphatic heterocycles. The number of rotatable bonds is 7. The van der Waals surface area contributed by atoms with Crippen LogP contribution >= 0.6 is 0 Å². The van der Waals surface area contributed by atoms with Crippen LogP contribution in [0.25, 0.3) is 11.4 Å². The molecule has 0 aliphatic carbocycles. The second kappa shape index (κ2) is 7.62. The standard InChI is InChI=1S/C15H17F3N4O3/c1-8(7-19-24-3)20-13(23)10-5-4-9(6-11(10)16)12-21-14(25-22-12)15(2,17)18/h4-6,8,19H,7H2,1-3H3,(H,20,23). The molecule has 0 saturated heterocycles. The van der Waals surface area contributed by atoms with E-state index in [4.69, 9.17) is 0 Å². The first kappa shape index (κ1) is 18.9. The quantitative estimate of drug-likeness (QED) is 0.738. The van der Waals surface area contributed by atoms with Crippen LogP contribution in [-0.2, 0) is 10.8 Å². The summed E-state index contributed by atoms with van der Waals surface area (Å²) >= 11 is 0. The van der Waals surface area contributed by atoms with Crippen LogP contribution in [-0.4, -0.2) is 35.7 Å². The number of hydrogen-bond acceptors (Lipinski definition) is 6. The predicted octanol–water partition coefficient (Wildman–Crippen LogP) is 2.26. The molecule has 0 aliphatic rings. The summed E-state index contributed by atoms with van der Waals surface area (Å²) in [5.74, 6) is -5.82. The number of carbonyl (C=O) groups is 1. The highest BCUT2D eigenvalue weighted by Crippen LogP contribution is 2.27. The predicted molar refractivity (Wildman–Crippen MR) is 81.2 cm³/mol. The summed E-state index contributed by atoms with van der Waals surface area (Å²) in [6.07, 6.45) is 0. The van der Waals surface area contributed by atoms with Crippen molar-refractivity contribution < 1.29 is 27.3 Å². The normalized spacial score (nSPS) is 12.9. The van der Waals surface area contributed by atoms with E-state index in [-0.39, 0.29) is 23.0 Å². The lowest BCUT2D eigenvalue weighted by molar-refractivity contribution is -0.0158. The van der Waals surface area contributed by atoms with Gasteiger partial charge in [-0.1, -0.05) is 11.2 Å². The van der Waals surface area contributed by atoms with Crippen molar-refractivity contribution in [2.24, 2.45) is 0 Å². The van der Waals surface area contributed by atoms with Gasteiger partial charge < -0.3 is 14.7 Å². The van der Waals surface area contributed by atoms with Gasteiger partial charge in [-0.15, -0.1) is 0 Å². The summed E-state index contributed by atoms with van der Waals surface area (Å²) < 4.78 is 44.9. The average molecular weight is 358 g/mol. The first-order valence-electron chi connectivity index (χ1n) is 7.31. The summed E-state index contributed by atoms with van der Waals surface area (Å²) in [6, 6.07) is 3.24. The highest BCUT2D eigenvalue weighted by Gasteiger charge is 2.32. The molecule has 136 valence electrons. The van der Waals surface area contributed by atoms with Gasteiger partial charge in [0.05, 0.1) is 12.7 Å². The number of alkyl halides is 2. The van der Waals surface area contributed by atoms with E-state index >= 15 is 0 Å². The summed E-state index contributed by atoms with van der Waals surface area (Å²) in [6.45, 7) is 2.65. The zero-order valence-electron chi connectivity index (χ0n) is 13.8. The zero-order chi connectivity index (χ0) is 18.6. The first-order chi connectivity index (χ1) is 11.7. The van der Waals surface area contributed by atoms with E-state index in [1.165, 1.54) is 19.2 Å². The number of benzene rings is 1. The third-order valence-electron chi connectivity index (χ3n) is 3.18. The van der Waals surface area contributed by atoms with E-state index in [1.54, 1.807) is 6.92 Å². The monoisotopic (exact) mass is 358 g/mol. The summed E-state index contributed by atoms with van der Waals surface area (Å²) in [5.41, 5.74) is 2.48. The van der Waals surface area contributed by atoms with Crippen LogP contribution in [0, 0.1) is 5.82 Å². The molecule has 7 nitrogen and oxygen atoms in total. The Hall–Kier alpha value is -2.46. The minimum atomic E-state index is -3.30. The van der Waals surface area contributed by atoms with Gasteiger partial charge >= 0.3 is 5.92 Å². The Morgan fingerprint density at radius 2 is 2.16 bits per heavy atom. The second-order valence-electron chi connectivity index (χ2n) is 5.43. The largest absolute Gasteiger partial charge is 0.348 e. The van der Waals surface area contributed by atoms with Crippen LogP contribution < -0.4 is 10.8 Å². The van der Waals surface area contributed by atoms with Crippen LogP contribution in [0.2, 0.25) is 0 Å². The molecule has 2 N–H and O–H groups in total. The van der Waals surface area contributed by atoms with E-state index in [0.717, 1.165) is 6.07 Å². The molecule has 2 rings (SSSR count). The van der Waals surface area contributed by atoms with Crippen LogP contribution in [0.3, 0.4) is 0 Å². The molecule has 2 aromatic rings. The van der Waals surface area contributed by atoms with Crippen molar-refractivity contribution in [3.05, 3.63) is 35.5 Å². The van der Waals surface area contributed by atoms with Crippen molar-refractivity contribution in [1.29, 1.82) is 0 Å². The third kappa shape index (κ3) is 4.77. The fourth-order valence-corrected chi connectivity index (χ4v) is 1.92. The molecule has 1 aromatic heterocycles. The lowest BCUT2D eigenvalue weighted by atomic mass is 10.1.